The van der Waals surface area contributed by atoms with Gasteiger partial charge in [0, 0.05) is 36.6 Å². The summed E-state index contributed by atoms with van der Waals surface area (Å²) < 4.78 is 28.2. The molecule has 4 rings (SSSR count). The molecule has 2 amide bonds. The van der Waals surface area contributed by atoms with Crippen molar-refractivity contribution in [1.82, 2.24) is 19.4 Å². The van der Waals surface area contributed by atoms with Crippen LogP contribution >= 0.6 is 11.6 Å². The van der Waals surface area contributed by atoms with Crippen molar-refractivity contribution in [3.05, 3.63) is 40.7 Å². The highest BCUT2D eigenvalue weighted by molar-refractivity contribution is 7.89. The smallest absolute Gasteiger partial charge is 0.264 e. The summed E-state index contributed by atoms with van der Waals surface area (Å²) in [7, 11) is -4.08. The molecule has 0 spiro atoms. The summed E-state index contributed by atoms with van der Waals surface area (Å²) in [6.45, 7) is 11.2. The first kappa shape index (κ1) is 26.0. The number of carbonyl (C=O) groups excluding carboxylic acids is 2. The molecule has 2 fully saturated rings. The van der Waals surface area contributed by atoms with Gasteiger partial charge in [-0.15, -0.1) is 0 Å². The molecule has 0 saturated carbocycles. The van der Waals surface area contributed by atoms with E-state index in [0.717, 1.165) is 23.8 Å². The van der Waals surface area contributed by atoms with Crippen LogP contribution in [0.15, 0.2) is 29.4 Å². The zero-order valence-electron chi connectivity index (χ0n) is 20.9. The number of piperidine rings is 1. The van der Waals surface area contributed by atoms with Crippen LogP contribution in [-0.4, -0.2) is 72.6 Å². The van der Waals surface area contributed by atoms with Crippen LogP contribution in [0.3, 0.4) is 0 Å². The van der Waals surface area contributed by atoms with Crippen molar-refractivity contribution >= 4 is 33.4 Å². The van der Waals surface area contributed by atoms with Crippen molar-refractivity contribution in [3.8, 4) is 0 Å². The van der Waals surface area contributed by atoms with Gasteiger partial charge in [-0.05, 0) is 74.9 Å². The number of likely N-dealkylation sites (tertiary alicyclic amines) is 2. The third-order valence-corrected chi connectivity index (χ3v) is 9.88. The Morgan fingerprint density at radius 2 is 1.83 bits per heavy atom. The van der Waals surface area contributed by atoms with E-state index in [9.17, 15) is 18.0 Å². The summed E-state index contributed by atoms with van der Waals surface area (Å²) in [6.07, 6.45) is 5.71. The van der Waals surface area contributed by atoms with Crippen molar-refractivity contribution in [2.75, 3.05) is 26.2 Å². The fraction of sp³-hybridized carbons (Fsp3) is 0.600. The number of sulfonamides is 1. The minimum Gasteiger partial charge on any atom is -0.342 e. The lowest BCUT2D eigenvalue weighted by molar-refractivity contribution is -0.139. The Hall–Kier alpha value is -2.10. The highest BCUT2D eigenvalue weighted by atomic mass is 35.5. The van der Waals surface area contributed by atoms with Gasteiger partial charge >= 0.3 is 0 Å². The molecular weight excluding hydrogens is 488 g/mol. The minimum absolute atomic E-state index is 0.0729. The Kier molecular flexibility index (Phi) is 7.23. The molecule has 3 heterocycles. The number of benzene rings is 1. The molecule has 2 atom stereocenters. The highest BCUT2D eigenvalue weighted by Crippen LogP contribution is 2.36. The van der Waals surface area contributed by atoms with E-state index in [0.29, 0.717) is 35.3 Å². The van der Waals surface area contributed by atoms with Gasteiger partial charge in [0.1, 0.15) is 6.04 Å². The van der Waals surface area contributed by atoms with E-state index in [1.165, 1.54) is 31.3 Å². The average Bonchev–Trinajstić information content (AvgIpc) is 3.31. The molecule has 0 unspecified atom stereocenters. The number of hydrogen-bond donors (Lipinski definition) is 1. The topological polar surface area (TPSA) is 90.0 Å². The summed E-state index contributed by atoms with van der Waals surface area (Å²) in [6, 6.07) is 2.37. The molecule has 1 N–H and O–H groups in total. The molecule has 10 heteroatoms. The number of rotatable bonds is 5. The van der Waals surface area contributed by atoms with Gasteiger partial charge in [-0.1, -0.05) is 25.4 Å². The molecule has 1 aromatic carbocycles. The third kappa shape index (κ3) is 5.08. The molecule has 0 bridgehead atoms. The van der Waals surface area contributed by atoms with Crippen LogP contribution in [0.1, 0.15) is 50.7 Å². The Bertz CT molecular complexity index is 1140. The molecule has 0 radical (unpaired) electrons. The summed E-state index contributed by atoms with van der Waals surface area (Å²) >= 11 is 6.16. The second kappa shape index (κ2) is 9.75. The van der Waals surface area contributed by atoms with E-state index < -0.39 is 22.0 Å². The van der Waals surface area contributed by atoms with Gasteiger partial charge in [-0.2, -0.15) is 0 Å². The van der Waals surface area contributed by atoms with E-state index in [4.69, 9.17) is 11.6 Å². The van der Waals surface area contributed by atoms with Gasteiger partial charge < -0.3 is 10.2 Å². The molecule has 0 aliphatic carbocycles. The summed E-state index contributed by atoms with van der Waals surface area (Å²) in [5.74, 6) is -0.725. The molecule has 35 heavy (non-hydrogen) atoms. The summed E-state index contributed by atoms with van der Waals surface area (Å²) in [4.78, 5) is 30.6. The van der Waals surface area contributed by atoms with Crippen molar-refractivity contribution in [3.63, 3.8) is 0 Å². The van der Waals surface area contributed by atoms with Crippen LogP contribution in [0.5, 0.6) is 0 Å². The number of carbonyl (C=O) groups is 2. The number of aryl methyl sites for hydroxylation is 2. The van der Waals surface area contributed by atoms with Crippen LogP contribution < -0.4 is 5.32 Å². The highest BCUT2D eigenvalue weighted by Gasteiger charge is 2.43. The van der Waals surface area contributed by atoms with Crippen molar-refractivity contribution in [2.24, 2.45) is 5.41 Å². The molecule has 0 aromatic heterocycles. The van der Waals surface area contributed by atoms with Crippen molar-refractivity contribution in [1.29, 1.82) is 0 Å². The first-order valence-corrected chi connectivity index (χ1v) is 14.0. The zero-order valence-corrected chi connectivity index (χ0v) is 22.5. The standard InChI is InChI=1S/C25H35ClN4O4S/c1-17-14-21(18(2)13-19(17)26)35(33,34)30-12-8-27-24(32)20(30)15-23(31)29-11-7-22(25(3,4)16-29)28-9-5-6-10-28/h8,12-14,20,22H,5-7,9-11,15-16H2,1-4H3,(H,27,32)/t20-,22+/m1/s1. The predicted molar refractivity (Wildman–Crippen MR) is 135 cm³/mol. The van der Waals surface area contributed by atoms with Crippen LogP contribution in [0, 0.1) is 19.3 Å². The molecular formula is C25H35ClN4O4S. The molecule has 2 saturated heterocycles. The first-order chi connectivity index (χ1) is 16.4. The molecule has 1 aromatic rings. The monoisotopic (exact) mass is 522 g/mol. The van der Waals surface area contributed by atoms with Gasteiger partial charge in [0.05, 0.1) is 11.3 Å². The van der Waals surface area contributed by atoms with Crippen LogP contribution in [0.25, 0.3) is 0 Å². The zero-order chi connectivity index (χ0) is 25.5. The van der Waals surface area contributed by atoms with E-state index >= 15 is 0 Å². The Balaban J connectivity index is 1.53. The largest absolute Gasteiger partial charge is 0.342 e. The Labute approximate surface area is 213 Å². The van der Waals surface area contributed by atoms with Crippen LogP contribution in [0.4, 0.5) is 0 Å². The van der Waals surface area contributed by atoms with E-state index in [-0.39, 0.29) is 22.6 Å². The lowest BCUT2D eigenvalue weighted by Crippen LogP contribution is -2.57. The summed E-state index contributed by atoms with van der Waals surface area (Å²) in [5, 5.41) is 3.04. The van der Waals surface area contributed by atoms with E-state index in [1.807, 2.05) is 0 Å². The van der Waals surface area contributed by atoms with Gasteiger partial charge in [0.25, 0.3) is 10.0 Å². The second-order valence-electron chi connectivity index (χ2n) is 10.6. The van der Waals surface area contributed by atoms with E-state index in [2.05, 4.69) is 24.1 Å². The average molecular weight is 523 g/mol. The van der Waals surface area contributed by atoms with Crippen molar-refractivity contribution in [2.45, 2.75) is 70.4 Å². The maximum Gasteiger partial charge on any atom is 0.264 e. The number of halogens is 1. The molecule has 3 aliphatic rings. The maximum absolute atomic E-state index is 13.6. The Morgan fingerprint density at radius 1 is 1.14 bits per heavy atom. The van der Waals surface area contributed by atoms with Crippen LogP contribution in [-0.2, 0) is 19.6 Å². The van der Waals surface area contributed by atoms with Gasteiger partial charge in [-0.3, -0.25) is 18.8 Å². The van der Waals surface area contributed by atoms with Gasteiger partial charge in [0.2, 0.25) is 11.8 Å². The molecule has 8 nitrogen and oxygen atoms in total. The molecule has 192 valence electrons. The van der Waals surface area contributed by atoms with Crippen molar-refractivity contribution < 1.29 is 18.0 Å². The maximum atomic E-state index is 13.6. The lowest BCUT2D eigenvalue weighted by atomic mass is 9.78. The lowest BCUT2D eigenvalue weighted by Gasteiger charge is -2.48. The third-order valence-electron chi connectivity index (χ3n) is 7.54. The van der Waals surface area contributed by atoms with Gasteiger partial charge in [-0.25, -0.2) is 8.42 Å². The quantitative estimate of drug-likeness (QED) is 0.642. The first-order valence-electron chi connectivity index (χ1n) is 12.2. The number of hydrogen-bond acceptors (Lipinski definition) is 5. The predicted octanol–water partition coefficient (Wildman–Crippen LogP) is 3.03. The number of amides is 2. The molecule has 3 aliphatic heterocycles. The SMILES string of the molecule is Cc1cc(S(=O)(=O)N2C=CNC(=O)[C@H]2CC(=O)N2CC[C@H](N3CCCC3)C(C)(C)C2)c(C)cc1Cl. The summed E-state index contributed by atoms with van der Waals surface area (Å²) in [5.41, 5.74) is 1.02. The van der Waals surface area contributed by atoms with Crippen LogP contribution in [0.2, 0.25) is 5.02 Å². The fourth-order valence-electron chi connectivity index (χ4n) is 5.67. The van der Waals surface area contributed by atoms with Gasteiger partial charge in [0.15, 0.2) is 0 Å². The number of nitrogens with one attached hydrogen (secondary N) is 1. The Morgan fingerprint density at radius 3 is 2.49 bits per heavy atom. The minimum atomic E-state index is -4.08. The normalized spacial score (nSPS) is 25.1. The van der Waals surface area contributed by atoms with E-state index in [1.54, 1.807) is 24.8 Å². The fourth-order valence-corrected chi connectivity index (χ4v) is 7.63. The second-order valence-corrected chi connectivity index (χ2v) is 12.8. The number of nitrogens with zero attached hydrogens (tertiary/aromatic N) is 3.